The quantitative estimate of drug-likeness (QED) is 0.762. The number of nitrogens with one attached hydrogen (secondary N) is 1. The van der Waals surface area contributed by atoms with Crippen molar-refractivity contribution in [1.29, 1.82) is 0 Å². The molecule has 0 unspecified atom stereocenters. The Morgan fingerprint density at radius 1 is 1.15 bits per heavy atom. The van der Waals surface area contributed by atoms with Gasteiger partial charge in [0.1, 0.15) is 12.4 Å². The molecule has 3 aromatic rings. The number of amides is 1. The number of benzene rings is 2. The molecule has 100 valence electrons. The fourth-order valence-electron chi connectivity index (χ4n) is 2.10. The zero-order chi connectivity index (χ0) is 13.9. The Hall–Kier alpha value is -2.75. The number of carbonyl (C=O) groups is 1. The molecule has 0 aliphatic rings. The third-order valence-electron chi connectivity index (χ3n) is 3.14. The Balaban J connectivity index is 1.75. The zero-order valence-corrected chi connectivity index (χ0v) is 10.8. The molecule has 20 heavy (non-hydrogen) atoms. The second-order valence-corrected chi connectivity index (χ2v) is 4.58. The standard InChI is InChI=1S/C16H14N2O2/c17-16(19)13-3-1-2-11(8-13)10-20-14-4-5-15-12(9-14)6-7-18-15/h1-9,18H,10H2,(H2,17,19). The molecule has 0 saturated carbocycles. The van der Waals surface area contributed by atoms with Gasteiger partial charge >= 0.3 is 0 Å². The van der Waals surface area contributed by atoms with E-state index in [1.165, 1.54) is 0 Å². The highest BCUT2D eigenvalue weighted by Crippen LogP contribution is 2.20. The van der Waals surface area contributed by atoms with E-state index in [2.05, 4.69) is 4.98 Å². The third-order valence-corrected chi connectivity index (χ3v) is 3.14. The summed E-state index contributed by atoms with van der Waals surface area (Å²) in [6, 6.07) is 15.0. The number of nitrogens with two attached hydrogens (primary N) is 1. The van der Waals surface area contributed by atoms with Crippen LogP contribution >= 0.6 is 0 Å². The topological polar surface area (TPSA) is 68.1 Å². The third kappa shape index (κ3) is 2.49. The van der Waals surface area contributed by atoms with Crippen molar-refractivity contribution in [3.63, 3.8) is 0 Å². The van der Waals surface area contributed by atoms with Crippen LogP contribution in [-0.2, 0) is 6.61 Å². The van der Waals surface area contributed by atoms with Gasteiger partial charge < -0.3 is 15.5 Å². The first-order valence-electron chi connectivity index (χ1n) is 6.31. The van der Waals surface area contributed by atoms with Gasteiger partial charge in [-0.15, -0.1) is 0 Å². The van der Waals surface area contributed by atoms with Crippen molar-refractivity contribution in [3.05, 3.63) is 65.9 Å². The predicted octanol–water partition coefficient (Wildman–Crippen LogP) is 2.85. The second kappa shape index (κ2) is 5.09. The molecule has 0 aliphatic carbocycles. The van der Waals surface area contributed by atoms with Crippen LogP contribution < -0.4 is 10.5 Å². The predicted molar refractivity (Wildman–Crippen MR) is 77.6 cm³/mol. The van der Waals surface area contributed by atoms with Crippen LogP contribution in [0, 0.1) is 0 Å². The van der Waals surface area contributed by atoms with Gasteiger partial charge in [0, 0.05) is 22.7 Å². The van der Waals surface area contributed by atoms with Crippen LogP contribution in [0.15, 0.2) is 54.7 Å². The number of rotatable bonds is 4. The molecule has 0 saturated heterocycles. The summed E-state index contributed by atoms with van der Waals surface area (Å²) in [5.41, 5.74) is 7.74. The smallest absolute Gasteiger partial charge is 0.248 e. The lowest BCUT2D eigenvalue weighted by Crippen LogP contribution is -2.11. The molecule has 1 aromatic heterocycles. The van der Waals surface area contributed by atoms with E-state index in [1.54, 1.807) is 18.2 Å². The van der Waals surface area contributed by atoms with Gasteiger partial charge in [-0.05, 0) is 42.0 Å². The van der Waals surface area contributed by atoms with Crippen molar-refractivity contribution in [1.82, 2.24) is 4.98 Å². The highest BCUT2D eigenvalue weighted by atomic mass is 16.5. The molecule has 0 atom stereocenters. The van der Waals surface area contributed by atoms with Gasteiger partial charge in [0.15, 0.2) is 0 Å². The normalized spacial score (nSPS) is 10.6. The van der Waals surface area contributed by atoms with E-state index in [4.69, 9.17) is 10.5 Å². The Labute approximate surface area is 116 Å². The molecular weight excluding hydrogens is 252 g/mol. The fraction of sp³-hybridized carbons (Fsp3) is 0.0625. The highest BCUT2D eigenvalue weighted by Gasteiger charge is 2.03. The van der Waals surface area contributed by atoms with Gasteiger partial charge in [-0.3, -0.25) is 4.79 Å². The summed E-state index contributed by atoms with van der Waals surface area (Å²) >= 11 is 0. The molecule has 4 heteroatoms. The molecule has 0 radical (unpaired) electrons. The lowest BCUT2D eigenvalue weighted by molar-refractivity contribution is 0.1000. The molecule has 1 amide bonds. The first-order chi connectivity index (χ1) is 9.72. The minimum Gasteiger partial charge on any atom is -0.489 e. The van der Waals surface area contributed by atoms with Crippen LogP contribution in [0.3, 0.4) is 0 Å². The fourth-order valence-corrected chi connectivity index (χ4v) is 2.10. The average molecular weight is 266 g/mol. The maximum absolute atomic E-state index is 11.1. The van der Waals surface area contributed by atoms with E-state index in [-0.39, 0.29) is 0 Å². The van der Waals surface area contributed by atoms with Gasteiger partial charge in [-0.1, -0.05) is 12.1 Å². The number of ether oxygens (including phenoxy) is 1. The first kappa shape index (κ1) is 12.3. The van der Waals surface area contributed by atoms with Crippen molar-refractivity contribution in [2.45, 2.75) is 6.61 Å². The van der Waals surface area contributed by atoms with E-state index in [0.717, 1.165) is 22.2 Å². The number of aromatic nitrogens is 1. The van der Waals surface area contributed by atoms with Crippen LogP contribution in [0.2, 0.25) is 0 Å². The van der Waals surface area contributed by atoms with E-state index >= 15 is 0 Å². The lowest BCUT2D eigenvalue weighted by atomic mass is 10.1. The van der Waals surface area contributed by atoms with Crippen LogP contribution in [0.4, 0.5) is 0 Å². The maximum Gasteiger partial charge on any atom is 0.248 e. The average Bonchev–Trinajstić information content (AvgIpc) is 2.93. The summed E-state index contributed by atoms with van der Waals surface area (Å²) in [5, 5.41) is 1.10. The van der Waals surface area contributed by atoms with Crippen molar-refractivity contribution >= 4 is 16.8 Å². The van der Waals surface area contributed by atoms with Gasteiger partial charge in [0.05, 0.1) is 0 Å². The molecular formula is C16H14N2O2. The van der Waals surface area contributed by atoms with Crippen LogP contribution in [0.25, 0.3) is 10.9 Å². The van der Waals surface area contributed by atoms with Crippen molar-refractivity contribution < 1.29 is 9.53 Å². The summed E-state index contributed by atoms with van der Waals surface area (Å²) in [7, 11) is 0. The molecule has 3 N–H and O–H groups in total. The van der Waals surface area contributed by atoms with Crippen LogP contribution in [-0.4, -0.2) is 10.9 Å². The summed E-state index contributed by atoms with van der Waals surface area (Å²) < 4.78 is 5.74. The number of hydrogen-bond acceptors (Lipinski definition) is 2. The lowest BCUT2D eigenvalue weighted by Gasteiger charge is -2.07. The first-order valence-corrected chi connectivity index (χ1v) is 6.31. The second-order valence-electron chi connectivity index (χ2n) is 4.58. The largest absolute Gasteiger partial charge is 0.489 e. The molecule has 1 heterocycles. The Morgan fingerprint density at radius 2 is 2.05 bits per heavy atom. The van der Waals surface area contributed by atoms with Crippen molar-refractivity contribution in [2.75, 3.05) is 0 Å². The minimum absolute atomic E-state index is 0.400. The monoisotopic (exact) mass is 266 g/mol. The van der Waals surface area contributed by atoms with Crippen LogP contribution in [0.1, 0.15) is 15.9 Å². The molecule has 3 rings (SSSR count). The zero-order valence-electron chi connectivity index (χ0n) is 10.8. The van der Waals surface area contributed by atoms with E-state index in [9.17, 15) is 4.79 Å². The Morgan fingerprint density at radius 3 is 2.90 bits per heavy atom. The van der Waals surface area contributed by atoms with Crippen molar-refractivity contribution in [3.8, 4) is 5.75 Å². The number of aromatic amines is 1. The number of hydrogen-bond donors (Lipinski definition) is 2. The summed E-state index contributed by atoms with van der Waals surface area (Å²) in [6.45, 7) is 0.400. The van der Waals surface area contributed by atoms with E-state index in [0.29, 0.717) is 12.2 Å². The number of primary amides is 1. The Kier molecular flexibility index (Phi) is 3.13. The van der Waals surface area contributed by atoms with Gasteiger partial charge in [-0.2, -0.15) is 0 Å². The highest BCUT2D eigenvalue weighted by molar-refractivity contribution is 5.92. The number of fused-ring (bicyclic) bond motifs is 1. The number of H-pyrrole nitrogens is 1. The molecule has 0 spiro atoms. The van der Waals surface area contributed by atoms with Crippen molar-refractivity contribution in [2.24, 2.45) is 5.73 Å². The molecule has 4 nitrogen and oxygen atoms in total. The molecule has 2 aromatic carbocycles. The van der Waals surface area contributed by atoms with Gasteiger partial charge in [-0.25, -0.2) is 0 Å². The van der Waals surface area contributed by atoms with E-state index in [1.807, 2.05) is 36.5 Å². The van der Waals surface area contributed by atoms with E-state index < -0.39 is 5.91 Å². The molecule has 0 aliphatic heterocycles. The summed E-state index contributed by atoms with van der Waals surface area (Å²) in [4.78, 5) is 14.3. The van der Waals surface area contributed by atoms with Gasteiger partial charge in [0.25, 0.3) is 0 Å². The maximum atomic E-state index is 11.1. The molecule has 0 fully saturated rings. The number of carbonyl (C=O) groups excluding carboxylic acids is 1. The van der Waals surface area contributed by atoms with Gasteiger partial charge in [0.2, 0.25) is 5.91 Å². The minimum atomic E-state index is -0.430. The molecule has 0 bridgehead atoms. The Bertz CT molecular complexity index is 762. The summed E-state index contributed by atoms with van der Waals surface area (Å²) in [5.74, 6) is 0.363. The SMILES string of the molecule is NC(=O)c1cccc(COc2ccc3[nH]ccc3c2)c1. The van der Waals surface area contributed by atoms with Crippen LogP contribution in [0.5, 0.6) is 5.75 Å². The summed E-state index contributed by atoms with van der Waals surface area (Å²) in [6.07, 6.45) is 1.89.